The molecule has 3 heterocycles. The third kappa shape index (κ3) is 6.84. The SMILES string of the molecule is COc1ccc(-c2cc3ccccc3n2C[C@H](O)CN2CCN(C[C@@H](O)Cn3c(-c4ccc(OC)cc4)cc4ccccc43)CC2)cc1. The van der Waals surface area contributed by atoms with Gasteiger partial charge in [0.2, 0.25) is 0 Å². The fourth-order valence-electron chi connectivity index (χ4n) is 7.10. The molecule has 1 aliphatic heterocycles. The van der Waals surface area contributed by atoms with Gasteiger partial charge in [-0.15, -0.1) is 0 Å². The molecule has 0 spiro atoms. The van der Waals surface area contributed by atoms with E-state index in [2.05, 4.69) is 104 Å². The molecule has 248 valence electrons. The van der Waals surface area contributed by atoms with E-state index in [1.165, 1.54) is 0 Å². The van der Waals surface area contributed by atoms with Crippen LogP contribution < -0.4 is 9.47 Å². The van der Waals surface area contributed by atoms with Gasteiger partial charge in [0.15, 0.2) is 0 Å². The van der Waals surface area contributed by atoms with E-state index in [1.807, 2.05) is 24.3 Å². The van der Waals surface area contributed by atoms with E-state index in [0.29, 0.717) is 26.2 Å². The molecule has 0 bridgehead atoms. The van der Waals surface area contributed by atoms with Crippen molar-refractivity contribution in [3.05, 3.63) is 109 Å². The summed E-state index contributed by atoms with van der Waals surface area (Å²) in [6.07, 6.45) is -1.04. The van der Waals surface area contributed by atoms with Crippen LogP contribution in [0.15, 0.2) is 109 Å². The molecular formula is C40H44N4O4. The Kier molecular flexibility index (Phi) is 9.50. The second-order valence-electron chi connectivity index (χ2n) is 12.8. The summed E-state index contributed by atoms with van der Waals surface area (Å²) < 4.78 is 15.2. The maximum absolute atomic E-state index is 11.3. The number of ether oxygens (including phenoxy) is 2. The van der Waals surface area contributed by atoms with Crippen LogP contribution in [0.5, 0.6) is 11.5 Å². The molecule has 6 aromatic rings. The first-order valence-electron chi connectivity index (χ1n) is 16.8. The van der Waals surface area contributed by atoms with Crippen molar-refractivity contribution in [1.29, 1.82) is 0 Å². The highest BCUT2D eigenvalue weighted by Crippen LogP contribution is 2.31. The lowest BCUT2D eigenvalue weighted by Gasteiger charge is -2.36. The molecule has 1 saturated heterocycles. The Labute approximate surface area is 282 Å². The maximum Gasteiger partial charge on any atom is 0.118 e. The first-order valence-corrected chi connectivity index (χ1v) is 16.8. The van der Waals surface area contributed by atoms with Crippen LogP contribution in [0.3, 0.4) is 0 Å². The van der Waals surface area contributed by atoms with E-state index in [0.717, 1.165) is 82.0 Å². The van der Waals surface area contributed by atoms with Gasteiger partial charge in [-0.3, -0.25) is 9.80 Å². The molecule has 0 amide bonds. The molecule has 2 atom stereocenters. The van der Waals surface area contributed by atoms with Crippen molar-refractivity contribution in [3.63, 3.8) is 0 Å². The Bertz CT molecular complexity index is 1810. The molecule has 0 radical (unpaired) electrons. The van der Waals surface area contributed by atoms with E-state index >= 15 is 0 Å². The van der Waals surface area contributed by atoms with Crippen molar-refractivity contribution in [1.82, 2.24) is 18.9 Å². The van der Waals surface area contributed by atoms with Gasteiger partial charge in [-0.2, -0.15) is 0 Å². The zero-order valence-corrected chi connectivity index (χ0v) is 27.7. The highest BCUT2D eigenvalue weighted by Gasteiger charge is 2.23. The summed E-state index contributed by atoms with van der Waals surface area (Å²) in [6.45, 7) is 5.63. The topological polar surface area (TPSA) is 75.3 Å². The number of aromatic nitrogens is 2. The summed E-state index contributed by atoms with van der Waals surface area (Å²) >= 11 is 0. The van der Waals surface area contributed by atoms with Gasteiger partial charge in [0, 0.05) is 72.5 Å². The smallest absolute Gasteiger partial charge is 0.118 e. The minimum absolute atomic E-state index is 0.509. The molecule has 4 aromatic carbocycles. The highest BCUT2D eigenvalue weighted by molar-refractivity contribution is 5.88. The number of benzene rings is 4. The largest absolute Gasteiger partial charge is 0.497 e. The van der Waals surface area contributed by atoms with Crippen LogP contribution in [0.4, 0.5) is 0 Å². The first kappa shape index (κ1) is 32.0. The predicted molar refractivity (Wildman–Crippen MR) is 193 cm³/mol. The van der Waals surface area contributed by atoms with E-state index in [-0.39, 0.29) is 0 Å². The van der Waals surface area contributed by atoms with Crippen LogP contribution in [0.2, 0.25) is 0 Å². The summed E-state index contributed by atoms with van der Waals surface area (Å²) in [5.41, 5.74) is 6.59. The Morgan fingerprint density at radius 1 is 0.521 bits per heavy atom. The van der Waals surface area contributed by atoms with E-state index < -0.39 is 12.2 Å². The zero-order chi connectivity index (χ0) is 33.0. The third-order valence-electron chi connectivity index (χ3n) is 9.58. The van der Waals surface area contributed by atoms with Crippen LogP contribution in [0.25, 0.3) is 44.3 Å². The molecule has 7 rings (SSSR count). The Balaban J connectivity index is 0.970. The molecular weight excluding hydrogens is 600 g/mol. The molecule has 0 aliphatic carbocycles. The quantitative estimate of drug-likeness (QED) is 0.171. The van der Waals surface area contributed by atoms with Gasteiger partial charge < -0.3 is 28.8 Å². The minimum Gasteiger partial charge on any atom is -0.497 e. The number of methoxy groups -OCH3 is 2. The second kappa shape index (κ2) is 14.3. The summed E-state index contributed by atoms with van der Waals surface area (Å²) in [7, 11) is 3.35. The minimum atomic E-state index is -0.520. The van der Waals surface area contributed by atoms with Crippen molar-refractivity contribution in [2.24, 2.45) is 0 Å². The van der Waals surface area contributed by atoms with E-state index in [4.69, 9.17) is 9.47 Å². The molecule has 0 saturated carbocycles. The number of aliphatic hydroxyl groups excluding tert-OH is 2. The third-order valence-corrected chi connectivity index (χ3v) is 9.58. The first-order chi connectivity index (χ1) is 23.5. The fraction of sp³-hybridized carbons (Fsp3) is 0.300. The van der Waals surface area contributed by atoms with Crippen molar-refractivity contribution >= 4 is 21.8 Å². The van der Waals surface area contributed by atoms with Gasteiger partial charge in [-0.05, 0) is 83.9 Å². The number of para-hydroxylation sites is 2. The molecule has 1 fully saturated rings. The van der Waals surface area contributed by atoms with Crippen molar-refractivity contribution in [2.75, 3.05) is 53.5 Å². The molecule has 2 aromatic heterocycles. The van der Waals surface area contributed by atoms with E-state index in [1.54, 1.807) is 14.2 Å². The lowest BCUT2D eigenvalue weighted by atomic mass is 10.1. The summed E-state index contributed by atoms with van der Waals surface area (Å²) in [5.74, 6) is 1.65. The number of hydrogen-bond acceptors (Lipinski definition) is 6. The number of aliphatic hydroxyl groups is 2. The van der Waals surface area contributed by atoms with Gasteiger partial charge in [0.1, 0.15) is 11.5 Å². The highest BCUT2D eigenvalue weighted by atomic mass is 16.5. The second-order valence-corrected chi connectivity index (χ2v) is 12.8. The van der Waals surface area contributed by atoms with Gasteiger partial charge in [0.05, 0.1) is 39.5 Å². The monoisotopic (exact) mass is 644 g/mol. The van der Waals surface area contributed by atoms with Crippen LogP contribution in [-0.4, -0.2) is 94.8 Å². The maximum atomic E-state index is 11.3. The molecule has 8 heteroatoms. The molecule has 8 nitrogen and oxygen atoms in total. The Hall–Kier alpha value is -4.60. The number of rotatable bonds is 12. The Morgan fingerprint density at radius 3 is 1.27 bits per heavy atom. The van der Waals surface area contributed by atoms with Crippen LogP contribution in [0, 0.1) is 0 Å². The zero-order valence-electron chi connectivity index (χ0n) is 27.7. The average Bonchev–Trinajstić information content (AvgIpc) is 3.67. The average molecular weight is 645 g/mol. The van der Waals surface area contributed by atoms with E-state index in [9.17, 15) is 10.2 Å². The molecule has 48 heavy (non-hydrogen) atoms. The normalized spacial score (nSPS) is 15.6. The number of piperazine rings is 1. The summed E-state index contributed by atoms with van der Waals surface area (Å²) in [4.78, 5) is 4.68. The van der Waals surface area contributed by atoms with Crippen LogP contribution in [0.1, 0.15) is 0 Å². The van der Waals surface area contributed by atoms with Gasteiger partial charge >= 0.3 is 0 Å². The number of hydrogen-bond donors (Lipinski definition) is 2. The Morgan fingerprint density at radius 2 is 0.896 bits per heavy atom. The molecule has 1 aliphatic rings. The standard InChI is InChI=1S/C40H44N4O4/c1-47-35-15-11-29(12-16-35)39-23-31-7-3-5-9-37(31)43(39)27-33(45)25-41-19-21-42(22-20-41)26-34(46)28-44-38-10-6-4-8-32(38)24-40(44)30-13-17-36(48-2)18-14-30/h3-18,23-24,33-34,45-46H,19-22,25-28H2,1-2H3/t33-,34-/m1/s1. The number of nitrogens with zero attached hydrogens (tertiary/aromatic N) is 4. The summed E-state index contributed by atoms with van der Waals surface area (Å²) in [5, 5.41) is 25.0. The van der Waals surface area contributed by atoms with Gasteiger partial charge in [0.25, 0.3) is 0 Å². The van der Waals surface area contributed by atoms with Crippen LogP contribution in [-0.2, 0) is 13.1 Å². The van der Waals surface area contributed by atoms with Gasteiger partial charge in [-0.1, -0.05) is 36.4 Å². The lowest BCUT2D eigenvalue weighted by molar-refractivity contribution is 0.0412. The fourth-order valence-corrected chi connectivity index (χ4v) is 7.10. The van der Waals surface area contributed by atoms with Crippen molar-refractivity contribution < 1.29 is 19.7 Å². The van der Waals surface area contributed by atoms with Crippen molar-refractivity contribution in [3.8, 4) is 34.0 Å². The van der Waals surface area contributed by atoms with Crippen molar-refractivity contribution in [2.45, 2.75) is 25.3 Å². The molecule has 2 N–H and O–H groups in total. The number of β-amino-alcohol motifs (C(OH)–C–C–N with tert-alkyl or cyclic N) is 2. The van der Waals surface area contributed by atoms with Crippen LogP contribution >= 0.6 is 0 Å². The summed E-state index contributed by atoms with van der Waals surface area (Å²) in [6, 6.07) is 37.3. The molecule has 0 unspecified atom stereocenters. The number of fused-ring (bicyclic) bond motifs is 2. The lowest BCUT2D eigenvalue weighted by Crippen LogP contribution is -2.50. The van der Waals surface area contributed by atoms with Gasteiger partial charge in [-0.25, -0.2) is 0 Å². The predicted octanol–water partition coefficient (Wildman–Crippen LogP) is 5.99.